The smallest absolute Gasteiger partial charge is 0.164 e. The van der Waals surface area contributed by atoms with Gasteiger partial charge in [-0.25, -0.2) is 24.9 Å². The molecule has 7 heteroatoms. The number of rotatable bonds is 6. The summed E-state index contributed by atoms with van der Waals surface area (Å²) in [5.41, 5.74) is 13.0. The zero-order chi connectivity index (χ0) is 35.1. The van der Waals surface area contributed by atoms with Crippen LogP contribution in [0, 0.1) is 0 Å². The topological polar surface area (TPSA) is 77.3 Å². The third kappa shape index (κ3) is 5.79. The van der Waals surface area contributed by atoms with Crippen LogP contribution in [0.3, 0.4) is 0 Å². The van der Waals surface area contributed by atoms with E-state index in [2.05, 4.69) is 103 Å². The lowest BCUT2D eigenvalue weighted by molar-refractivity contribution is 1.07. The van der Waals surface area contributed by atoms with Crippen LogP contribution in [0.4, 0.5) is 0 Å². The van der Waals surface area contributed by atoms with Crippen molar-refractivity contribution in [2.45, 2.75) is 0 Å². The van der Waals surface area contributed by atoms with Crippen LogP contribution in [0.2, 0.25) is 0 Å². The van der Waals surface area contributed by atoms with Crippen molar-refractivity contribution in [2.24, 2.45) is 0 Å². The Morgan fingerprint density at radius 3 is 1.53 bits per heavy atom. The van der Waals surface area contributed by atoms with Crippen molar-refractivity contribution in [3.63, 3.8) is 0 Å². The first-order valence-electron chi connectivity index (χ1n) is 17.4. The summed E-state index contributed by atoms with van der Waals surface area (Å²) >= 11 is 1.64. The fourth-order valence-corrected chi connectivity index (χ4v) is 7.84. The van der Waals surface area contributed by atoms with E-state index < -0.39 is 0 Å². The molecule has 4 heterocycles. The number of hydrogen-bond acceptors (Lipinski definition) is 7. The van der Waals surface area contributed by atoms with Crippen LogP contribution in [0.5, 0.6) is 0 Å². The van der Waals surface area contributed by atoms with Gasteiger partial charge >= 0.3 is 0 Å². The molecule has 0 saturated heterocycles. The average Bonchev–Trinajstić information content (AvgIpc) is 3.61. The maximum absolute atomic E-state index is 5.02. The predicted octanol–water partition coefficient (Wildman–Crippen LogP) is 11.6. The summed E-state index contributed by atoms with van der Waals surface area (Å²) < 4.78 is 1.09. The molecule has 6 nitrogen and oxygen atoms in total. The zero-order valence-electron chi connectivity index (χ0n) is 28.3. The maximum atomic E-state index is 5.02. The second-order valence-corrected chi connectivity index (χ2v) is 13.8. The number of thiophene rings is 1. The molecule has 0 radical (unpaired) electrons. The van der Waals surface area contributed by atoms with Crippen molar-refractivity contribution < 1.29 is 0 Å². The van der Waals surface area contributed by atoms with Gasteiger partial charge in [-0.05, 0) is 52.1 Å². The molecule has 0 bridgehead atoms. The normalized spacial score (nSPS) is 11.4. The Bertz CT molecular complexity index is 2930. The SMILES string of the molecule is c1ccc(-c2ccc(-c3nc(-c4ccccc4)nc(-c4cccc(-c5ccc(-c6ccnc7c6sc6nc8ccccc8nc67)cc5)c4)n3)cc2)cc1. The second-order valence-electron chi connectivity index (χ2n) is 12.8. The lowest BCUT2D eigenvalue weighted by Gasteiger charge is -2.10. The highest BCUT2D eigenvalue weighted by atomic mass is 32.1. The van der Waals surface area contributed by atoms with E-state index in [0.29, 0.717) is 17.5 Å². The molecule has 0 unspecified atom stereocenters. The Morgan fingerprint density at radius 1 is 0.340 bits per heavy atom. The van der Waals surface area contributed by atoms with E-state index in [9.17, 15) is 0 Å². The molecule has 248 valence electrons. The van der Waals surface area contributed by atoms with Gasteiger partial charge in [0.05, 0.1) is 15.7 Å². The number of benzene rings is 6. The van der Waals surface area contributed by atoms with Gasteiger partial charge < -0.3 is 0 Å². The molecule has 0 aliphatic heterocycles. The molecular weight excluding hydrogens is 669 g/mol. The van der Waals surface area contributed by atoms with Gasteiger partial charge in [0.15, 0.2) is 17.5 Å². The summed E-state index contributed by atoms with van der Waals surface area (Å²) in [6, 6.07) is 56.0. The van der Waals surface area contributed by atoms with Crippen molar-refractivity contribution in [1.82, 2.24) is 29.9 Å². The van der Waals surface area contributed by atoms with Crippen LogP contribution in [0.25, 0.3) is 99.1 Å². The van der Waals surface area contributed by atoms with Gasteiger partial charge in [0.2, 0.25) is 0 Å². The molecule has 0 fully saturated rings. The summed E-state index contributed by atoms with van der Waals surface area (Å²) in [5, 5.41) is 0. The first-order chi connectivity index (χ1) is 26.2. The van der Waals surface area contributed by atoms with Crippen LogP contribution >= 0.6 is 11.3 Å². The molecule has 53 heavy (non-hydrogen) atoms. The van der Waals surface area contributed by atoms with Crippen LogP contribution < -0.4 is 0 Å². The summed E-state index contributed by atoms with van der Waals surface area (Å²) in [6.07, 6.45) is 1.86. The molecule has 0 aliphatic carbocycles. The van der Waals surface area contributed by atoms with Gasteiger partial charge in [0.25, 0.3) is 0 Å². The molecule has 0 spiro atoms. The van der Waals surface area contributed by atoms with Gasteiger partial charge in [-0.3, -0.25) is 4.98 Å². The largest absolute Gasteiger partial charge is 0.253 e. The molecule has 6 aromatic carbocycles. The Labute approximate surface area is 309 Å². The maximum Gasteiger partial charge on any atom is 0.164 e. The predicted molar refractivity (Wildman–Crippen MR) is 216 cm³/mol. The molecule has 10 aromatic rings. The number of fused-ring (bicyclic) bond motifs is 4. The molecule has 0 N–H and O–H groups in total. The number of nitrogens with zero attached hydrogens (tertiary/aromatic N) is 6. The molecule has 0 aliphatic rings. The fourth-order valence-electron chi connectivity index (χ4n) is 6.73. The Balaban J connectivity index is 1.00. The Morgan fingerprint density at radius 2 is 0.830 bits per heavy atom. The molecule has 10 rings (SSSR count). The van der Waals surface area contributed by atoms with Crippen molar-refractivity contribution in [2.75, 3.05) is 0 Å². The summed E-state index contributed by atoms with van der Waals surface area (Å²) in [4.78, 5) is 30.4. The Kier molecular flexibility index (Phi) is 7.55. The van der Waals surface area contributed by atoms with E-state index in [-0.39, 0.29) is 0 Å². The van der Waals surface area contributed by atoms with E-state index in [1.807, 2.05) is 66.9 Å². The van der Waals surface area contributed by atoms with Crippen LogP contribution in [0.1, 0.15) is 0 Å². The van der Waals surface area contributed by atoms with Crippen LogP contribution in [0.15, 0.2) is 170 Å². The van der Waals surface area contributed by atoms with Gasteiger partial charge in [0.1, 0.15) is 15.9 Å². The lowest BCUT2D eigenvalue weighted by atomic mass is 9.99. The highest BCUT2D eigenvalue weighted by molar-refractivity contribution is 7.25. The van der Waals surface area contributed by atoms with Crippen molar-refractivity contribution in [3.05, 3.63) is 170 Å². The van der Waals surface area contributed by atoms with Crippen molar-refractivity contribution >= 4 is 42.9 Å². The van der Waals surface area contributed by atoms with E-state index >= 15 is 0 Å². The minimum Gasteiger partial charge on any atom is -0.253 e. The summed E-state index contributed by atoms with van der Waals surface area (Å²) in [5.74, 6) is 1.89. The quantitative estimate of drug-likeness (QED) is 0.172. The van der Waals surface area contributed by atoms with Crippen LogP contribution in [-0.4, -0.2) is 29.9 Å². The third-order valence-electron chi connectivity index (χ3n) is 9.43. The first-order valence-corrected chi connectivity index (χ1v) is 18.2. The zero-order valence-corrected chi connectivity index (χ0v) is 29.1. The number of pyridine rings is 1. The molecule has 0 amide bonds. The second kappa shape index (κ2) is 13.0. The van der Waals surface area contributed by atoms with Crippen molar-refractivity contribution in [1.29, 1.82) is 0 Å². The van der Waals surface area contributed by atoms with Crippen LogP contribution in [-0.2, 0) is 0 Å². The molecular formula is C46H28N6S. The summed E-state index contributed by atoms with van der Waals surface area (Å²) in [6.45, 7) is 0. The Hall–Kier alpha value is -6.96. The number of hydrogen-bond donors (Lipinski definition) is 0. The van der Waals surface area contributed by atoms with E-state index in [4.69, 9.17) is 29.9 Å². The monoisotopic (exact) mass is 696 g/mol. The van der Waals surface area contributed by atoms with Gasteiger partial charge in [-0.1, -0.05) is 140 Å². The lowest BCUT2D eigenvalue weighted by Crippen LogP contribution is -2.00. The molecule has 0 saturated carbocycles. The number of para-hydroxylation sites is 2. The highest BCUT2D eigenvalue weighted by Crippen LogP contribution is 2.38. The van der Waals surface area contributed by atoms with E-state index in [1.54, 1.807) is 11.3 Å². The third-order valence-corrected chi connectivity index (χ3v) is 10.5. The van der Waals surface area contributed by atoms with Crippen molar-refractivity contribution in [3.8, 4) is 67.5 Å². The fraction of sp³-hybridized carbons (Fsp3) is 0. The van der Waals surface area contributed by atoms with Gasteiger partial charge in [-0.15, -0.1) is 11.3 Å². The average molecular weight is 697 g/mol. The van der Waals surface area contributed by atoms with E-state index in [0.717, 1.165) is 76.1 Å². The standard InChI is InChI=1S/C46H28N6S/c1-3-10-29(11-4-1)30-20-24-34(25-21-30)44-50-43(33-12-5-2-6-13-33)51-45(52-44)36-15-9-14-35(28-36)31-18-22-32(23-19-31)37-26-27-47-40-41-46(53-42(37)40)49-39-17-8-7-16-38(39)48-41/h1-28H. The minimum absolute atomic E-state index is 0.623. The highest BCUT2D eigenvalue weighted by Gasteiger charge is 2.16. The van der Waals surface area contributed by atoms with E-state index in [1.165, 1.54) is 5.56 Å². The molecule has 0 atom stereocenters. The van der Waals surface area contributed by atoms with Gasteiger partial charge in [0, 0.05) is 28.5 Å². The van der Waals surface area contributed by atoms with Gasteiger partial charge in [-0.2, -0.15) is 0 Å². The summed E-state index contributed by atoms with van der Waals surface area (Å²) in [7, 11) is 0. The first kappa shape index (κ1) is 30.8. The molecule has 4 aromatic heterocycles. The minimum atomic E-state index is 0.623. The number of aromatic nitrogens is 6.